The highest BCUT2D eigenvalue weighted by molar-refractivity contribution is 4.86. The maximum absolute atomic E-state index is 2.51. The van der Waals surface area contributed by atoms with Crippen LogP contribution in [0, 0.1) is 29.6 Å². The molecular weight excluding hydrogens is 180 g/mol. The van der Waals surface area contributed by atoms with Crippen LogP contribution in [0.4, 0.5) is 0 Å². The summed E-state index contributed by atoms with van der Waals surface area (Å²) in [4.78, 5) is 0. The highest BCUT2D eigenvalue weighted by atomic mass is 14.4. The van der Waals surface area contributed by atoms with Crippen LogP contribution in [0.15, 0.2) is 0 Å². The molecule has 5 atom stereocenters. The summed E-state index contributed by atoms with van der Waals surface area (Å²) >= 11 is 0. The van der Waals surface area contributed by atoms with Gasteiger partial charge in [-0.2, -0.15) is 0 Å². The summed E-state index contributed by atoms with van der Waals surface area (Å²) in [6, 6.07) is 0. The highest BCUT2D eigenvalue weighted by Crippen LogP contribution is 2.46. The van der Waals surface area contributed by atoms with E-state index in [1.54, 1.807) is 6.42 Å². The summed E-state index contributed by atoms with van der Waals surface area (Å²) in [7, 11) is 0. The summed E-state index contributed by atoms with van der Waals surface area (Å²) < 4.78 is 0. The van der Waals surface area contributed by atoms with Gasteiger partial charge in [0.25, 0.3) is 0 Å². The van der Waals surface area contributed by atoms with E-state index in [-0.39, 0.29) is 0 Å². The molecule has 2 fully saturated rings. The van der Waals surface area contributed by atoms with Gasteiger partial charge in [-0.05, 0) is 48.9 Å². The van der Waals surface area contributed by atoms with Crippen LogP contribution in [-0.2, 0) is 0 Å². The third-order valence-corrected chi connectivity index (χ3v) is 5.28. The van der Waals surface area contributed by atoms with Crippen molar-refractivity contribution in [2.75, 3.05) is 0 Å². The zero-order chi connectivity index (χ0) is 10.8. The predicted octanol–water partition coefficient (Wildman–Crippen LogP) is 4.89. The second-order valence-electron chi connectivity index (χ2n) is 6.41. The van der Waals surface area contributed by atoms with E-state index in [2.05, 4.69) is 20.8 Å². The Kier molecular flexibility index (Phi) is 3.74. The van der Waals surface area contributed by atoms with Crippen LogP contribution in [-0.4, -0.2) is 0 Å². The summed E-state index contributed by atoms with van der Waals surface area (Å²) in [6.07, 6.45) is 10.6. The standard InChI is InChI=1S/C15H28/c1-4-13-7-6-12(3)15(10-13)14-8-5-11(2)9-14/h11-15H,4-10H2,1-3H3. The maximum atomic E-state index is 2.51. The molecule has 0 saturated heterocycles. The molecule has 2 saturated carbocycles. The average molecular weight is 208 g/mol. The molecule has 2 aliphatic carbocycles. The number of hydrogen-bond acceptors (Lipinski definition) is 0. The minimum atomic E-state index is 1.02. The van der Waals surface area contributed by atoms with Gasteiger partial charge in [0.15, 0.2) is 0 Å². The molecule has 0 radical (unpaired) electrons. The predicted molar refractivity (Wildman–Crippen MR) is 66.8 cm³/mol. The van der Waals surface area contributed by atoms with Crippen LogP contribution in [0.2, 0.25) is 0 Å². The Labute approximate surface area is 95.8 Å². The first-order valence-corrected chi connectivity index (χ1v) is 7.20. The van der Waals surface area contributed by atoms with Crippen LogP contribution in [0.5, 0.6) is 0 Å². The van der Waals surface area contributed by atoms with Crippen molar-refractivity contribution < 1.29 is 0 Å². The van der Waals surface area contributed by atoms with Crippen molar-refractivity contribution in [3.8, 4) is 0 Å². The van der Waals surface area contributed by atoms with Crippen molar-refractivity contribution in [1.82, 2.24) is 0 Å². The van der Waals surface area contributed by atoms with Gasteiger partial charge >= 0.3 is 0 Å². The molecule has 0 aromatic heterocycles. The van der Waals surface area contributed by atoms with Gasteiger partial charge in [0.1, 0.15) is 0 Å². The van der Waals surface area contributed by atoms with E-state index < -0.39 is 0 Å². The quantitative estimate of drug-likeness (QED) is 0.606. The molecule has 0 bridgehead atoms. The largest absolute Gasteiger partial charge is 0.0651 e. The molecule has 88 valence electrons. The lowest BCUT2D eigenvalue weighted by Gasteiger charge is -2.37. The maximum Gasteiger partial charge on any atom is -0.0357 e. The Bertz CT molecular complexity index is 196. The highest BCUT2D eigenvalue weighted by Gasteiger charge is 2.35. The molecular formula is C15H28. The summed E-state index contributed by atoms with van der Waals surface area (Å²) in [6.45, 7) is 7.35. The second kappa shape index (κ2) is 4.89. The molecule has 0 heteroatoms. The van der Waals surface area contributed by atoms with Gasteiger partial charge in [-0.3, -0.25) is 0 Å². The van der Waals surface area contributed by atoms with Crippen molar-refractivity contribution in [2.45, 2.75) is 65.7 Å². The fourth-order valence-electron chi connectivity index (χ4n) is 4.12. The lowest BCUT2D eigenvalue weighted by Crippen LogP contribution is -2.28. The monoisotopic (exact) mass is 208 g/mol. The molecule has 0 heterocycles. The Morgan fingerprint density at radius 1 is 0.933 bits per heavy atom. The van der Waals surface area contributed by atoms with Crippen molar-refractivity contribution in [3.63, 3.8) is 0 Å². The lowest BCUT2D eigenvalue weighted by atomic mass is 9.68. The second-order valence-corrected chi connectivity index (χ2v) is 6.41. The van der Waals surface area contributed by atoms with Crippen LogP contribution < -0.4 is 0 Å². The zero-order valence-electron chi connectivity index (χ0n) is 10.8. The first-order chi connectivity index (χ1) is 7.20. The van der Waals surface area contributed by atoms with Gasteiger partial charge in [0, 0.05) is 0 Å². The van der Waals surface area contributed by atoms with E-state index in [1.807, 2.05) is 0 Å². The molecule has 0 amide bonds. The van der Waals surface area contributed by atoms with Gasteiger partial charge in [-0.1, -0.05) is 46.5 Å². The fourth-order valence-corrected chi connectivity index (χ4v) is 4.12. The van der Waals surface area contributed by atoms with E-state index in [0.29, 0.717) is 0 Å². The van der Waals surface area contributed by atoms with Crippen molar-refractivity contribution >= 4 is 0 Å². The first-order valence-electron chi connectivity index (χ1n) is 7.20. The normalized spacial score (nSPS) is 47.0. The topological polar surface area (TPSA) is 0 Å². The molecule has 0 aromatic rings. The van der Waals surface area contributed by atoms with E-state index in [9.17, 15) is 0 Å². The smallest absolute Gasteiger partial charge is 0.0357 e. The van der Waals surface area contributed by atoms with Crippen molar-refractivity contribution in [3.05, 3.63) is 0 Å². The molecule has 2 aliphatic rings. The molecule has 0 aliphatic heterocycles. The SMILES string of the molecule is CCC1CCC(C)C(C2CCC(C)C2)C1. The first kappa shape index (κ1) is 11.5. The molecule has 0 nitrogen and oxygen atoms in total. The summed E-state index contributed by atoms with van der Waals surface area (Å²) in [5.74, 6) is 5.26. The van der Waals surface area contributed by atoms with E-state index in [0.717, 1.165) is 29.6 Å². The van der Waals surface area contributed by atoms with E-state index in [1.165, 1.54) is 38.5 Å². The molecule has 5 unspecified atom stereocenters. The lowest BCUT2D eigenvalue weighted by molar-refractivity contribution is 0.129. The van der Waals surface area contributed by atoms with Gasteiger partial charge in [0.2, 0.25) is 0 Å². The third kappa shape index (κ3) is 2.57. The zero-order valence-corrected chi connectivity index (χ0v) is 10.8. The van der Waals surface area contributed by atoms with Crippen LogP contribution in [0.3, 0.4) is 0 Å². The minimum absolute atomic E-state index is 1.02. The average Bonchev–Trinajstić information content (AvgIpc) is 2.65. The van der Waals surface area contributed by atoms with Crippen LogP contribution >= 0.6 is 0 Å². The molecule has 15 heavy (non-hydrogen) atoms. The van der Waals surface area contributed by atoms with E-state index in [4.69, 9.17) is 0 Å². The molecule has 0 N–H and O–H groups in total. The Hall–Kier alpha value is 0. The summed E-state index contributed by atoms with van der Waals surface area (Å²) in [5, 5.41) is 0. The van der Waals surface area contributed by atoms with Gasteiger partial charge in [-0.15, -0.1) is 0 Å². The van der Waals surface area contributed by atoms with Crippen LogP contribution in [0.25, 0.3) is 0 Å². The van der Waals surface area contributed by atoms with Crippen LogP contribution in [0.1, 0.15) is 65.7 Å². The van der Waals surface area contributed by atoms with Gasteiger partial charge in [-0.25, -0.2) is 0 Å². The summed E-state index contributed by atoms with van der Waals surface area (Å²) in [5.41, 5.74) is 0. The van der Waals surface area contributed by atoms with E-state index >= 15 is 0 Å². The third-order valence-electron chi connectivity index (χ3n) is 5.28. The molecule has 0 aromatic carbocycles. The minimum Gasteiger partial charge on any atom is -0.0651 e. The molecule has 0 spiro atoms. The van der Waals surface area contributed by atoms with Gasteiger partial charge < -0.3 is 0 Å². The number of rotatable bonds is 2. The van der Waals surface area contributed by atoms with Crippen molar-refractivity contribution in [1.29, 1.82) is 0 Å². The Morgan fingerprint density at radius 3 is 2.33 bits per heavy atom. The van der Waals surface area contributed by atoms with Gasteiger partial charge in [0.05, 0.1) is 0 Å². The van der Waals surface area contributed by atoms with Crippen molar-refractivity contribution in [2.24, 2.45) is 29.6 Å². The fraction of sp³-hybridized carbons (Fsp3) is 1.00. The Balaban J connectivity index is 1.93. The number of hydrogen-bond donors (Lipinski definition) is 0. The molecule has 2 rings (SSSR count). The Morgan fingerprint density at radius 2 is 1.73 bits per heavy atom.